The SMILES string of the molecule is CCCCc1nc(O)c(C(=O)N2CCN(c3nccn3C)CC2)c(O)c1-c1c(OC)cccc1OC. The van der Waals surface area contributed by atoms with Crippen molar-refractivity contribution >= 4 is 11.9 Å². The summed E-state index contributed by atoms with van der Waals surface area (Å²) in [5.41, 5.74) is 1.09. The normalized spacial score (nSPS) is 13.7. The summed E-state index contributed by atoms with van der Waals surface area (Å²) in [5.74, 6) is 0.490. The fraction of sp³-hybridized carbons (Fsp3) is 0.423. The van der Waals surface area contributed by atoms with E-state index in [0.29, 0.717) is 60.9 Å². The van der Waals surface area contributed by atoms with Crippen LogP contribution < -0.4 is 14.4 Å². The number of aromatic hydroxyl groups is 2. The number of benzene rings is 1. The second kappa shape index (κ2) is 10.8. The van der Waals surface area contributed by atoms with Gasteiger partial charge in [0.15, 0.2) is 0 Å². The van der Waals surface area contributed by atoms with Gasteiger partial charge in [-0.25, -0.2) is 9.97 Å². The maximum Gasteiger partial charge on any atom is 0.263 e. The number of imidazole rings is 1. The molecule has 0 radical (unpaired) electrons. The Labute approximate surface area is 210 Å². The fourth-order valence-electron chi connectivity index (χ4n) is 4.62. The van der Waals surface area contributed by atoms with Crippen molar-refractivity contribution in [3.63, 3.8) is 0 Å². The van der Waals surface area contributed by atoms with Crippen LogP contribution in [0, 0.1) is 0 Å². The number of amides is 1. The van der Waals surface area contributed by atoms with Crippen LogP contribution in [0.1, 0.15) is 35.8 Å². The van der Waals surface area contributed by atoms with Crippen LogP contribution in [0.3, 0.4) is 0 Å². The Morgan fingerprint density at radius 3 is 2.28 bits per heavy atom. The molecule has 0 atom stereocenters. The predicted molar refractivity (Wildman–Crippen MR) is 136 cm³/mol. The Morgan fingerprint density at radius 1 is 1.06 bits per heavy atom. The average Bonchev–Trinajstić information content (AvgIpc) is 3.32. The Balaban J connectivity index is 1.74. The summed E-state index contributed by atoms with van der Waals surface area (Å²) in [7, 11) is 4.99. The summed E-state index contributed by atoms with van der Waals surface area (Å²) < 4.78 is 13.1. The zero-order chi connectivity index (χ0) is 25.8. The van der Waals surface area contributed by atoms with Gasteiger partial charge in [0.2, 0.25) is 11.8 Å². The Kier molecular flexibility index (Phi) is 7.52. The third kappa shape index (κ3) is 4.62. The summed E-state index contributed by atoms with van der Waals surface area (Å²) in [4.78, 5) is 26.1. The van der Waals surface area contributed by atoms with E-state index < -0.39 is 11.8 Å². The fourth-order valence-corrected chi connectivity index (χ4v) is 4.62. The van der Waals surface area contributed by atoms with E-state index in [1.165, 1.54) is 14.2 Å². The summed E-state index contributed by atoms with van der Waals surface area (Å²) in [6.45, 7) is 4.02. The molecule has 0 saturated carbocycles. The molecular weight excluding hydrogens is 462 g/mol. The van der Waals surface area contributed by atoms with Crippen LogP contribution in [-0.4, -0.2) is 76.0 Å². The first-order chi connectivity index (χ1) is 17.4. The van der Waals surface area contributed by atoms with Crippen molar-refractivity contribution in [1.82, 2.24) is 19.4 Å². The van der Waals surface area contributed by atoms with Gasteiger partial charge in [0.1, 0.15) is 22.8 Å². The highest BCUT2D eigenvalue weighted by atomic mass is 16.5. The first-order valence-corrected chi connectivity index (χ1v) is 12.1. The van der Waals surface area contributed by atoms with Gasteiger partial charge in [0.05, 0.1) is 31.0 Å². The zero-order valence-electron chi connectivity index (χ0n) is 21.2. The van der Waals surface area contributed by atoms with E-state index in [9.17, 15) is 15.0 Å². The number of pyridine rings is 1. The van der Waals surface area contributed by atoms with Gasteiger partial charge in [0.25, 0.3) is 5.91 Å². The van der Waals surface area contributed by atoms with E-state index in [1.807, 2.05) is 24.7 Å². The Morgan fingerprint density at radius 2 is 1.72 bits per heavy atom. The number of carbonyl (C=O) groups is 1. The van der Waals surface area contributed by atoms with E-state index in [0.717, 1.165) is 18.8 Å². The van der Waals surface area contributed by atoms with Crippen LogP contribution in [0.4, 0.5) is 5.95 Å². The monoisotopic (exact) mass is 495 g/mol. The van der Waals surface area contributed by atoms with Crippen LogP contribution in [0.5, 0.6) is 23.1 Å². The lowest BCUT2D eigenvalue weighted by molar-refractivity contribution is 0.0739. The van der Waals surface area contributed by atoms with Crippen molar-refractivity contribution in [3.8, 4) is 34.3 Å². The summed E-state index contributed by atoms with van der Waals surface area (Å²) in [6.07, 6.45) is 5.81. The second-order valence-electron chi connectivity index (χ2n) is 8.74. The summed E-state index contributed by atoms with van der Waals surface area (Å²) >= 11 is 0. The smallest absolute Gasteiger partial charge is 0.263 e. The lowest BCUT2D eigenvalue weighted by atomic mass is 9.95. The van der Waals surface area contributed by atoms with Crippen molar-refractivity contribution < 1.29 is 24.5 Å². The molecule has 1 amide bonds. The number of ether oxygens (including phenoxy) is 2. The molecule has 0 bridgehead atoms. The second-order valence-corrected chi connectivity index (χ2v) is 8.74. The molecule has 2 N–H and O–H groups in total. The van der Waals surface area contributed by atoms with Crippen LogP contribution in [0.25, 0.3) is 11.1 Å². The molecular formula is C26H33N5O5. The van der Waals surface area contributed by atoms with Gasteiger partial charge in [-0.05, 0) is 25.0 Å². The maximum absolute atomic E-state index is 13.6. The van der Waals surface area contributed by atoms with Crippen LogP contribution in [0.2, 0.25) is 0 Å². The van der Waals surface area contributed by atoms with Gasteiger partial charge in [0, 0.05) is 45.6 Å². The van der Waals surface area contributed by atoms with Gasteiger partial charge in [-0.1, -0.05) is 19.4 Å². The van der Waals surface area contributed by atoms with Crippen molar-refractivity contribution in [1.29, 1.82) is 0 Å². The molecule has 0 unspecified atom stereocenters. The number of anilines is 1. The number of methoxy groups -OCH3 is 2. The third-order valence-electron chi connectivity index (χ3n) is 6.53. The van der Waals surface area contributed by atoms with E-state index in [2.05, 4.69) is 14.9 Å². The van der Waals surface area contributed by atoms with Gasteiger partial charge < -0.3 is 34.1 Å². The maximum atomic E-state index is 13.6. The highest BCUT2D eigenvalue weighted by Gasteiger charge is 2.32. The molecule has 10 heteroatoms. The molecule has 1 aliphatic rings. The molecule has 1 aliphatic heterocycles. The Bertz CT molecular complexity index is 1210. The molecule has 3 heterocycles. The third-order valence-corrected chi connectivity index (χ3v) is 6.53. The number of aromatic nitrogens is 3. The first-order valence-electron chi connectivity index (χ1n) is 12.1. The molecule has 1 aromatic carbocycles. The highest BCUT2D eigenvalue weighted by Crippen LogP contribution is 2.47. The number of nitrogens with zero attached hydrogens (tertiary/aromatic N) is 5. The van der Waals surface area contributed by atoms with Crippen LogP contribution >= 0.6 is 0 Å². The number of hydrogen-bond acceptors (Lipinski definition) is 8. The van der Waals surface area contributed by atoms with Crippen molar-refractivity contribution in [2.24, 2.45) is 7.05 Å². The summed E-state index contributed by atoms with van der Waals surface area (Å²) in [5, 5.41) is 22.3. The van der Waals surface area contributed by atoms with E-state index >= 15 is 0 Å². The van der Waals surface area contributed by atoms with Gasteiger partial charge in [-0.3, -0.25) is 4.79 Å². The van der Waals surface area contributed by atoms with Crippen molar-refractivity contribution in [2.75, 3.05) is 45.3 Å². The molecule has 192 valence electrons. The van der Waals surface area contributed by atoms with Gasteiger partial charge in [-0.2, -0.15) is 0 Å². The number of carbonyl (C=O) groups excluding carboxylic acids is 1. The number of piperazine rings is 1. The van der Waals surface area contributed by atoms with Crippen molar-refractivity contribution in [3.05, 3.63) is 41.9 Å². The van der Waals surface area contributed by atoms with Gasteiger partial charge in [-0.15, -0.1) is 0 Å². The lowest BCUT2D eigenvalue weighted by Crippen LogP contribution is -2.49. The van der Waals surface area contributed by atoms with Gasteiger partial charge >= 0.3 is 0 Å². The van der Waals surface area contributed by atoms with E-state index in [4.69, 9.17) is 9.47 Å². The Hall–Kier alpha value is -3.95. The molecule has 4 rings (SSSR count). The van der Waals surface area contributed by atoms with Crippen LogP contribution in [-0.2, 0) is 13.5 Å². The number of unbranched alkanes of at least 4 members (excludes halogenated alkanes) is 1. The molecule has 10 nitrogen and oxygen atoms in total. The number of hydrogen-bond donors (Lipinski definition) is 2. The van der Waals surface area contributed by atoms with Crippen LogP contribution in [0.15, 0.2) is 30.6 Å². The minimum absolute atomic E-state index is 0.219. The van der Waals surface area contributed by atoms with Crippen molar-refractivity contribution in [2.45, 2.75) is 26.2 Å². The largest absolute Gasteiger partial charge is 0.506 e. The number of rotatable bonds is 8. The average molecular weight is 496 g/mol. The minimum Gasteiger partial charge on any atom is -0.506 e. The molecule has 2 aromatic heterocycles. The molecule has 0 spiro atoms. The molecule has 3 aromatic rings. The molecule has 36 heavy (non-hydrogen) atoms. The first kappa shape index (κ1) is 25.2. The standard InChI is InChI=1S/C26H33N5O5/c1-5-6-8-17-20(21-18(35-3)9-7-10-19(21)36-4)23(32)22(24(33)28-17)25(34)30-13-15-31(16-14-30)26-27-11-12-29(26)2/h7,9-12H,5-6,8,13-16H2,1-4H3,(H2,28,32,33). The number of aryl methyl sites for hydroxylation is 2. The van der Waals surface area contributed by atoms with E-state index in [1.54, 1.807) is 29.3 Å². The molecule has 1 fully saturated rings. The molecule has 1 saturated heterocycles. The minimum atomic E-state index is -0.479. The quantitative estimate of drug-likeness (QED) is 0.490. The molecule has 0 aliphatic carbocycles. The van der Waals surface area contributed by atoms with E-state index in [-0.39, 0.29) is 11.3 Å². The summed E-state index contributed by atoms with van der Waals surface area (Å²) in [6, 6.07) is 5.29. The zero-order valence-corrected chi connectivity index (χ0v) is 21.2. The topological polar surface area (TPSA) is 113 Å². The highest BCUT2D eigenvalue weighted by molar-refractivity contribution is 6.02. The predicted octanol–water partition coefficient (Wildman–Crippen LogP) is 3.22. The lowest BCUT2D eigenvalue weighted by Gasteiger charge is -2.35.